The van der Waals surface area contributed by atoms with E-state index in [-0.39, 0.29) is 149 Å². The van der Waals surface area contributed by atoms with Crippen molar-refractivity contribution in [3.05, 3.63) is 57.6 Å². The van der Waals surface area contributed by atoms with Crippen molar-refractivity contribution < 1.29 is 171 Å². The van der Waals surface area contributed by atoms with Crippen LogP contribution in [0.1, 0.15) is 21.4 Å². The quantitative estimate of drug-likeness (QED) is 0.0980. The van der Waals surface area contributed by atoms with Crippen molar-refractivity contribution in [3.63, 3.8) is 0 Å². The van der Waals surface area contributed by atoms with Gasteiger partial charge in [-0.2, -0.15) is 26.3 Å². The SMILES string of the molecule is C.O=CO[O-].OCCBr.OCCOc1ccc(Cl)c(C(F)(F)F)c1.Oc1ccc(Cl)c(C(F)(F)F)c1.[2H]CF.[H-].[K+].[K+]. The van der Waals surface area contributed by atoms with Crippen LogP contribution < -0.4 is 113 Å². The van der Waals surface area contributed by atoms with Crippen molar-refractivity contribution in [2.45, 2.75) is 19.8 Å². The molecule has 0 aliphatic rings. The first kappa shape index (κ1) is 50.8. The normalized spacial score (nSPS) is 9.57. The largest absolute Gasteiger partial charge is 1.00 e. The Bertz CT molecular complexity index is 911. The first-order chi connectivity index (χ1) is 17.6. The summed E-state index contributed by atoms with van der Waals surface area (Å²) in [4.78, 5) is 11.2. The molecule has 0 aromatic heterocycles. The predicted molar refractivity (Wildman–Crippen MR) is 130 cm³/mol. The molecule has 224 valence electrons. The molecule has 0 aliphatic carbocycles. The molecule has 2 aromatic rings. The van der Waals surface area contributed by atoms with Crippen molar-refractivity contribution in [1.82, 2.24) is 0 Å². The standard InChI is InChI=1S/C9H8ClF3O2.C7H4ClF3O.C2H5BrO.CH3F.CH2O3.CH4.2K.H/c10-8-2-1-6(15-4-3-14)5-7(8)9(11,12)13;8-6-2-1-4(12)3-5(6)7(9,10)11;3-1-2-4;1-2;2-1-4-3;;;;/h1-2,5,14H,3-4H2;1-3,12H;4H,1-2H2;1H3;1,3H;1H4;;;/q;;;;;;2*+1;-1/p-1/i;;;1D;;;;;. The Labute approximate surface area is 333 Å². The van der Waals surface area contributed by atoms with Crippen molar-refractivity contribution in [1.29, 1.82) is 0 Å². The molecular weight excluding hydrogens is 726 g/mol. The molecule has 0 amide bonds. The fourth-order valence-corrected chi connectivity index (χ4v) is 2.15. The van der Waals surface area contributed by atoms with E-state index in [1.807, 2.05) is 0 Å². The zero-order chi connectivity index (χ0) is 30.4. The Morgan fingerprint density at radius 2 is 1.38 bits per heavy atom. The fraction of sp³-hybridized carbons (Fsp3) is 0.381. The van der Waals surface area contributed by atoms with Crippen molar-refractivity contribution in [2.24, 2.45) is 0 Å². The number of phenols is 1. The minimum atomic E-state index is -4.52. The van der Waals surface area contributed by atoms with Crippen LogP contribution in [0.25, 0.3) is 0 Å². The summed E-state index contributed by atoms with van der Waals surface area (Å²) in [5, 5.41) is 33.3. The van der Waals surface area contributed by atoms with Gasteiger partial charge in [0.05, 0.1) is 42.9 Å². The summed E-state index contributed by atoms with van der Waals surface area (Å²) in [5.41, 5.74) is -1.97. The summed E-state index contributed by atoms with van der Waals surface area (Å²) in [6.07, 6.45) is -9.02. The number of aromatic hydroxyl groups is 1. The number of ether oxygens (including phenoxy) is 1. The van der Waals surface area contributed by atoms with Crippen molar-refractivity contribution in [3.8, 4) is 11.5 Å². The predicted octanol–water partition coefficient (Wildman–Crippen LogP) is -0.0551. The fourth-order valence-electron chi connectivity index (χ4n) is 1.71. The van der Waals surface area contributed by atoms with E-state index in [1.54, 1.807) is 0 Å². The summed E-state index contributed by atoms with van der Waals surface area (Å²) >= 11 is 13.6. The van der Waals surface area contributed by atoms with Crippen LogP contribution >= 0.6 is 39.1 Å². The molecule has 0 saturated carbocycles. The number of aliphatic hydroxyl groups excluding tert-OH is 2. The van der Waals surface area contributed by atoms with Crippen LogP contribution in [-0.4, -0.2) is 54.1 Å². The average molecular weight is 753 g/mol. The molecule has 0 bridgehead atoms. The second-order valence-corrected chi connectivity index (χ2v) is 7.09. The van der Waals surface area contributed by atoms with Crippen LogP contribution in [0.15, 0.2) is 36.4 Å². The van der Waals surface area contributed by atoms with Crippen molar-refractivity contribution in [2.75, 3.05) is 32.3 Å². The summed E-state index contributed by atoms with van der Waals surface area (Å²) in [5.74, 6) is -0.424. The number of carbonyl (C=O) groups is 1. The van der Waals surface area contributed by atoms with E-state index in [9.17, 15) is 30.7 Å². The zero-order valence-electron chi connectivity index (χ0n) is 22.3. The van der Waals surface area contributed by atoms with Gasteiger partial charge in [0.15, 0.2) is 0 Å². The van der Waals surface area contributed by atoms with Gasteiger partial charge in [-0.3, -0.25) is 9.18 Å². The van der Waals surface area contributed by atoms with Gasteiger partial charge in [-0.15, -0.1) is 0 Å². The Hall–Kier alpha value is 1.23. The van der Waals surface area contributed by atoms with Gasteiger partial charge < -0.3 is 31.6 Å². The van der Waals surface area contributed by atoms with Crippen LogP contribution in [-0.2, 0) is 22.0 Å². The Morgan fingerprint density at radius 1 is 1.00 bits per heavy atom. The molecule has 0 radical (unpaired) electrons. The monoisotopic (exact) mass is 751 g/mol. The van der Waals surface area contributed by atoms with E-state index < -0.39 is 41.4 Å². The van der Waals surface area contributed by atoms with Gasteiger partial charge in [-0.1, -0.05) is 46.6 Å². The van der Waals surface area contributed by atoms with Gasteiger partial charge in [0.2, 0.25) is 0 Å². The maximum Gasteiger partial charge on any atom is 1.00 e. The van der Waals surface area contributed by atoms with Crippen molar-refractivity contribution >= 4 is 45.6 Å². The third-order valence-electron chi connectivity index (χ3n) is 2.98. The van der Waals surface area contributed by atoms with Gasteiger partial charge in [-0.05, 0) is 36.4 Å². The van der Waals surface area contributed by atoms with Gasteiger partial charge in [0.25, 0.3) is 6.47 Å². The van der Waals surface area contributed by atoms with Gasteiger partial charge in [-0.25, -0.2) is 0 Å². The summed E-state index contributed by atoms with van der Waals surface area (Å²) in [6, 6.07) is 5.90. The average Bonchev–Trinajstić information content (AvgIpc) is 2.85. The number of hydrogen-bond donors (Lipinski definition) is 3. The third kappa shape index (κ3) is 28.0. The maximum absolute atomic E-state index is 12.4. The maximum atomic E-state index is 12.4. The molecule has 2 rings (SSSR count). The number of halogens is 10. The molecule has 0 atom stereocenters. The Balaban J connectivity index is -0.0000000815. The number of rotatable bonds is 5. The number of carbonyl (C=O) groups excluding carboxylic acids is 1. The summed E-state index contributed by atoms with van der Waals surface area (Å²) in [6.45, 7) is -0.261. The van der Waals surface area contributed by atoms with Crippen LogP contribution in [0.3, 0.4) is 0 Å². The number of hydrogen-bond acceptors (Lipinski definition) is 7. The molecule has 19 heteroatoms. The first-order valence-electron chi connectivity index (χ1n) is 9.72. The molecule has 0 fully saturated rings. The second-order valence-electron chi connectivity index (χ2n) is 5.48. The smallest absolute Gasteiger partial charge is 1.00 e. The Kier molecular flexibility index (Phi) is 40.2. The van der Waals surface area contributed by atoms with E-state index in [1.165, 1.54) is 6.07 Å². The number of benzene rings is 2. The number of aliphatic hydroxyl groups is 2. The van der Waals surface area contributed by atoms with Crippen LogP contribution in [0.4, 0.5) is 30.7 Å². The molecule has 0 heterocycles. The number of phenolic OH excluding ortho intramolecular Hbond substituents is 1. The Morgan fingerprint density at radius 3 is 1.68 bits per heavy atom. The number of alkyl halides is 8. The molecule has 0 aliphatic heterocycles. The van der Waals surface area contributed by atoms with Gasteiger partial charge in [0.1, 0.15) is 18.1 Å². The van der Waals surface area contributed by atoms with E-state index >= 15 is 0 Å². The van der Waals surface area contributed by atoms with E-state index in [0.717, 1.165) is 24.3 Å². The molecule has 7 nitrogen and oxygen atoms in total. The van der Waals surface area contributed by atoms with Crippen LogP contribution in [0.2, 0.25) is 10.0 Å². The molecule has 0 unspecified atom stereocenters. The third-order valence-corrected chi connectivity index (χ3v) is 4.00. The van der Waals surface area contributed by atoms with Crippen LogP contribution in [0, 0.1) is 0 Å². The van der Waals surface area contributed by atoms with E-state index in [4.69, 9.17) is 54.7 Å². The minimum Gasteiger partial charge on any atom is -1.00 e. The summed E-state index contributed by atoms with van der Waals surface area (Å²) < 4.78 is 93.5. The topological polar surface area (TPSA) is 119 Å². The molecule has 40 heavy (non-hydrogen) atoms. The van der Waals surface area contributed by atoms with E-state index in [0.29, 0.717) is 11.4 Å². The molecule has 3 N–H and O–H groups in total. The van der Waals surface area contributed by atoms with Crippen LogP contribution in [0.5, 0.6) is 11.5 Å². The molecule has 2 aromatic carbocycles. The molecular formula is C21H26BrCl2F7K2O7. The summed E-state index contributed by atoms with van der Waals surface area (Å²) in [7, 11) is -1.00. The zero-order valence-corrected chi connectivity index (χ0v) is 29.7. The van der Waals surface area contributed by atoms with E-state index in [2.05, 4.69) is 20.8 Å². The second kappa shape index (κ2) is 31.7. The first-order valence-corrected chi connectivity index (χ1v) is 10.9. The van der Waals surface area contributed by atoms with Gasteiger partial charge in [0, 0.05) is 5.33 Å². The van der Waals surface area contributed by atoms with Gasteiger partial charge >= 0.3 is 115 Å². The minimum absolute atomic E-state index is 0. The molecule has 0 spiro atoms. The molecule has 0 saturated heterocycles.